The Balaban J connectivity index is 1.28. The van der Waals surface area contributed by atoms with Crippen LogP contribution in [0.25, 0.3) is 0 Å². The first-order valence-corrected chi connectivity index (χ1v) is 17.6. The van der Waals surface area contributed by atoms with Crippen molar-refractivity contribution in [3.8, 4) is 23.0 Å². The summed E-state index contributed by atoms with van der Waals surface area (Å²) >= 11 is 0. The number of hydrogen-bond donors (Lipinski definition) is 2. The second-order valence-corrected chi connectivity index (χ2v) is 15.2. The number of phenols is 2. The van der Waals surface area contributed by atoms with E-state index in [2.05, 4.69) is 91.0 Å². The zero-order valence-corrected chi connectivity index (χ0v) is 26.4. The van der Waals surface area contributed by atoms with Crippen molar-refractivity contribution in [2.75, 3.05) is 20.4 Å². The Morgan fingerprint density at radius 1 is 0.524 bits per heavy atom. The second kappa shape index (κ2) is 15.7. The predicted molar refractivity (Wildman–Crippen MR) is 180 cm³/mol. The summed E-state index contributed by atoms with van der Waals surface area (Å²) in [4.78, 5) is 0. The van der Waals surface area contributed by atoms with E-state index < -0.39 is 7.26 Å². The van der Waals surface area contributed by atoms with E-state index in [-0.39, 0.29) is 23.0 Å². The van der Waals surface area contributed by atoms with Crippen LogP contribution in [0.15, 0.2) is 91.0 Å². The Morgan fingerprint density at radius 2 is 0.905 bits per heavy atom. The summed E-state index contributed by atoms with van der Waals surface area (Å²) in [6.07, 6.45) is 11.4. The van der Waals surface area contributed by atoms with Gasteiger partial charge in [0, 0.05) is 0 Å². The number of phenolic OH excluding ortho intramolecular Hbond substituents is 2. The van der Waals surface area contributed by atoms with Crippen LogP contribution in [0.3, 0.4) is 0 Å². The minimum atomic E-state index is -2.12. The second-order valence-electron chi connectivity index (χ2n) is 11.2. The van der Waals surface area contributed by atoms with Crippen LogP contribution < -0.4 is 25.4 Å². The average Bonchev–Trinajstić information content (AvgIpc) is 3.04. The van der Waals surface area contributed by atoms with Crippen LogP contribution in [0.1, 0.15) is 62.5 Å². The molecule has 0 aliphatic heterocycles. The molecule has 0 spiro atoms. The molecule has 0 heterocycles. The van der Waals surface area contributed by atoms with Crippen LogP contribution in [0.4, 0.5) is 0 Å². The summed E-state index contributed by atoms with van der Waals surface area (Å²) in [5.41, 5.74) is 1.40. The molecule has 0 unspecified atom stereocenters. The molecule has 4 rings (SSSR count). The van der Waals surface area contributed by atoms with Crippen LogP contribution in [0.5, 0.6) is 23.0 Å². The molecule has 0 saturated carbocycles. The third-order valence-electron chi connectivity index (χ3n) is 8.67. The van der Waals surface area contributed by atoms with E-state index in [0.717, 1.165) is 18.4 Å². The molecule has 0 fully saturated rings. The van der Waals surface area contributed by atoms with Crippen LogP contribution in [-0.4, -0.2) is 30.6 Å². The van der Waals surface area contributed by atoms with Gasteiger partial charge in [-0.05, 0) is 6.92 Å². The maximum absolute atomic E-state index is 10.7. The molecule has 4 aromatic rings. The van der Waals surface area contributed by atoms with E-state index in [4.69, 9.17) is 9.47 Å². The fourth-order valence-electron chi connectivity index (χ4n) is 6.38. The van der Waals surface area contributed by atoms with Gasteiger partial charge in [-0.2, -0.15) is 0 Å². The molecule has 4 aromatic carbocycles. The number of benzene rings is 4. The molecule has 224 valence electrons. The first-order chi connectivity index (χ1) is 20.5. The first-order valence-electron chi connectivity index (χ1n) is 15.4. The zero-order chi connectivity index (χ0) is 29.8. The normalized spacial score (nSPS) is 11.8. The van der Waals surface area contributed by atoms with Crippen LogP contribution in [-0.2, 0) is 6.42 Å². The standard InChI is InChI=1S/C37H47O4P/c1-29-33(35(39)37(41-3)36(40-2)34(29)38)27-19-8-6-4-5-7-9-20-28-42(30-21-13-10-14-22-30,31-23-15-11-16-24-31)32-25-17-12-18-26-32/h10-18,21-26,38-39,42H,4-9,19-20,27-28H2,1-3H3. The number of hydrogen-bond acceptors (Lipinski definition) is 4. The minimum absolute atomic E-state index is 0.0426. The summed E-state index contributed by atoms with van der Waals surface area (Å²) in [5.74, 6) is 0.508. The summed E-state index contributed by atoms with van der Waals surface area (Å²) in [7, 11) is 0.814. The molecule has 0 amide bonds. The zero-order valence-electron chi connectivity index (χ0n) is 25.4. The van der Waals surface area contributed by atoms with Crippen LogP contribution in [0.2, 0.25) is 0 Å². The molecule has 0 aliphatic carbocycles. The molecule has 0 bridgehead atoms. The number of methoxy groups -OCH3 is 2. The van der Waals surface area contributed by atoms with Gasteiger partial charge in [-0.3, -0.25) is 0 Å². The van der Waals surface area contributed by atoms with Gasteiger partial charge in [-0.25, -0.2) is 0 Å². The van der Waals surface area contributed by atoms with Gasteiger partial charge in [0.25, 0.3) is 0 Å². The molecule has 0 atom stereocenters. The molecular formula is C37H47O4P. The van der Waals surface area contributed by atoms with Crippen molar-refractivity contribution in [1.82, 2.24) is 0 Å². The van der Waals surface area contributed by atoms with Gasteiger partial charge in [0.15, 0.2) is 5.75 Å². The summed E-state index contributed by atoms with van der Waals surface area (Å²) in [6.45, 7) is 1.82. The van der Waals surface area contributed by atoms with Gasteiger partial charge in [0.2, 0.25) is 11.5 Å². The Kier molecular flexibility index (Phi) is 11.7. The van der Waals surface area contributed by atoms with Gasteiger partial charge < -0.3 is 19.7 Å². The average molecular weight is 587 g/mol. The third kappa shape index (κ3) is 7.10. The van der Waals surface area contributed by atoms with Crippen LogP contribution in [0, 0.1) is 6.92 Å². The smallest absolute Gasteiger partial charge is 0.504 e. The minimum Gasteiger partial charge on any atom is -0.504 e. The maximum atomic E-state index is 10.7. The Labute approximate surface area is 252 Å². The Hall–Kier alpha value is -3.49. The van der Waals surface area contributed by atoms with Gasteiger partial charge in [0.1, 0.15) is 0 Å². The fourth-order valence-corrected chi connectivity index (χ4v) is 11.3. The predicted octanol–water partition coefficient (Wildman–Crippen LogP) is 7.81. The fraction of sp³-hybridized carbons (Fsp3) is 0.351. The number of aromatic hydroxyl groups is 2. The van der Waals surface area contributed by atoms with E-state index in [1.807, 2.05) is 6.92 Å². The van der Waals surface area contributed by atoms with Crippen molar-refractivity contribution in [1.29, 1.82) is 0 Å². The summed E-state index contributed by atoms with van der Waals surface area (Å²) < 4.78 is 10.5. The van der Waals surface area contributed by atoms with Crippen molar-refractivity contribution in [2.24, 2.45) is 0 Å². The third-order valence-corrected chi connectivity index (χ3v) is 13.7. The molecule has 0 saturated heterocycles. The first kappa shape index (κ1) is 31.4. The number of rotatable bonds is 16. The quantitative estimate of drug-likeness (QED) is 0.0799. The van der Waals surface area contributed by atoms with E-state index in [1.165, 1.54) is 74.8 Å². The molecule has 0 aromatic heterocycles. The van der Waals surface area contributed by atoms with Crippen molar-refractivity contribution < 1.29 is 19.7 Å². The van der Waals surface area contributed by atoms with Crippen molar-refractivity contribution in [3.63, 3.8) is 0 Å². The number of unbranched alkanes of at least 4 members (excludes halogenated alkanes) is 7. The Morgan fingerprint density at radius 3 is 1.33 bits per heavy atom. The summed E-state index contributed by atoms with van der Waals surface area (Å²) in [5, 5.41) is 25.7. The van der Waals surface area contributed by atoms with E-state index >= 15 is 0 Å². The van der Waals surface area contributed by atoms with Crippen molar-refractivity contribution in [3.05, 3.63) is 102 Å². The Bertz CT molecular complexity index is 1280. The van der Waals surface area contributed by atoms with E-state index in [9.17, 15) is 10.2 Å². The van der Waals surface area contributed by atoms with Crippen LogP contribution >= 0.6 is 7.26 Å². The molecule has 0 aliphatic rings. The number of ether oxygens (including phenoxy) is 2. The van der Waals surface area contributed by atoms with Crippen molar-refractivity contribution >= 4 is 23.2 Å². The monoisotopic (exact) mass is 586 g/mol. The topological polar surface area (TPSA) is 58.9 Å². The van der Waals surface area contributed by atoms with E-state index in [1.54, 1.807) is 0 Å². The van der Waals surface area contributed by atoms with Gasteiger partial charge in [-0.1, -0.05) is 0 Å². The van der Waals surface area contributed by atoms with E-state index in [0.29, 0.717) is 12.0 Å². The van der Waals surface area contributed by atoms with Gasteiger partial charge in [-0.15, -0.1) is 0 Å². The SMILES string of the molecule is COc1c(O)c(C)c(CCCCCCCCCC[PH](c2ccccc2)(c2ccccc2)c2ccccc2)c(O)c1OC. The molecule has 4 nitrogen and oxygen atoms in total. The molecule has 5 heteroatoms. The van der Waals surface area contributed by atoms with Gasteiger partial charge >= 0.3 is 195 Å². The molecule has 42 heavy (non-hydrogen) atoms. The molecule has 0 radical (unpaired) electrons. The van der Waals surface area contributed by atoms with Crippen molar-refractivity contribution in [2.45, 2.75) is 64.7 Å². The summed E-state index contributed by atoms with van der Waals surface area (Å²) in [6, 6.07) is 33.6. The molecular weight excluding hydrogens is 539 g/mol. The molecule has 2 N–H and O–H groups in total. The van der Waals surface area contributed by atoms with Gasteiger partial charge in [0.05, 0.1) is 14.2 Å².